The van der Waals surface area contributed by atoms with Gasteiger partial charge in [-0.3, -0.25) is 9.59 Å². The molecule has 0 saturated heterocycles. The monoisotopic (exact) mass is 477 g/mol. The zero-order valence-corrected chi connectivity index (χ0v) is 20.4. The van der Waals surface area contributed by atoms with Gasteiger partial charge in [-0.25, -0.2) is 0 Å². The van der Waals surface area contributed by atoms with Crippen LogP contribution in [0.1, 0.15) is 16.8 Å². The van der Waals surface area contributed by atoms with E-state index in [0.717, 1.165) is 17.9 Å². The molecule has 2 amide bonds. The Hall–Kier alpha value is -2.90. The van der Waals surface area contributed by atoms with E-state index in [4.69, 9.17) is 0 Å². The third-order valence-corrected chi connectivity index (χ3v) is 7.55. The number of hydrogen-bond acceptors (Lipinski definition) is 5. The van der Waals surface area contributed by atoms with E-state index < -0.39 is 0 Å². The van der Waals surface area contributed by atoms with Gasteiger partial charge in [0, 0.05) is 41.9 Å². The molecule has 0 aromatic heterocycles. The number of hydrogen-bond donors (Lipinski definition) is 1. The highest BCUT2D eigenvalue weighted by Crippen LogP contribution is 2.47. The van der Waals surface area contributed by atoms with E-state index in [9.17, 15) is 9.59 Å². The quantitative estimate of drug-likeness (QED) is 0.353. The highest BCUT2D eigenvalue weighted by atomic mass is 32.2. The van der Waals surface area contributed by atoms with Crippen molar-refractivity contribution in [1.82, 2.24) is 10.2 Å². The summed E-state index contributed by atoms with van der Waals surface area (Å²) in [5, 5.41) is 3.06. The van der Waals surface area contributed by atoms with Gasteiger partial charge < -0.3 is 15.1 Å². The van der Waals surface area contributed by atoms with Crippen LogP contribution >= 0.6 is 23.5 Å². The summed E-state index contributed by atoms with van der Waals surface area (Å²) in [6.45, 7) is 1.38. The van der Waals surface area contributed by atoms with Crippen LogP contribution in [0.15, 0.2) is 87.5 Å². The predicted molar refractivity (Wildman–Crippen MR) is 137 cm³/mol. The smallest absolute Gasteiger partial charge is 0.252 e. The van der Waals surface area contributed by atoms with Gasteiger partial charge in [-0.2, -0.15) is 0 Å². The van der Waals surface area contributed by atoms with Crippen molar-refractivity contribution < 1.29 is 9.59 Å². The Bertz CT molecular complexity index is 1100. The largest absolute Gasteiger partial charge is 0.352 e. The molecule has 0 bridgehead atoms. The number of fused-ring (bicyclic) bond motifs is 2. The zero-order chi connectivity index (χ0) is 23.2. The minimum Gasteiger partial charge on any atom is -0.352 e. The van der Waals surface area contributed by atoms with E-state index in [1.165, 1.54) is 32.9 Å². The lowest BCUT2D eigenvalue weighted by Crippen LogP contribution is -2.29. The summed E-state index contributed by atoms with van der Waals surface area (Å²) in [6, 6.07) is 24.3. The third-order valence-electron chi connectivity index (χ3n) is 5.36. The Morgan fingerprint density at radius 2 is 1.52 bits per heavy atom. The van der Waals surface area contributed by atoms with E-state index in [1.807, 2.05) is 24.3 Å². The molecule has 3 aromatic carbocycles. The normalized spacial score (nSPS) is 12.0. The first kappa shape index (κ1) is 23.3. The van der Waals surface area contributed by atoms with Crippen LogP contribution in [0, 0.1) is 0 Å². The molecule has 0 spiro atoms. The first-order chi connectivity index (χ1) is 16.0. The van der Waals surface area contributed by atoms with Crippen LogP contribution < -0.4 is 10.2 Å². The zero-order valence-electron chi connectivity index (χ0n) is 18.8. The SMILES string of the molecule is CN(C)C(=O)CSc1ccccc1C(=O)NCCCN1c2ccccc2Sc2ccccc21. The highest BCUT2D eigenvalue weighted by molar-refractivity contribution is 8.00. The van der Waals surface area contributed by atoms with E-state index >= 15 is 0 Å². The molecule has 4 rings (SSSR count). The second-order valence-corrected chi connectivity index (χ2v) is 9.97. The predicted octanol–water partition coefficient (Wildman–Crippen LogP) is 5.29. The number of nitrogens with one attached hydrogen (secondary N) is 1. The number of anilines is 2. The Morgan fingerprint density at radius 3 is 2.18 bits per heavy atom. The summed E-state index contributed by atoms with van der Waals surface area (Å²) in [7, 11) is 3.47. The molecule has 0 radical (unpaired) electrons. The van der Waals surface area contributed by atoms with Gasteiger partial charge in [-0.05, 0) is 42.8 Å². The molecule has 33 heavy (non-hydrogen) atoms. The van der Waals surface area contributed by atoms with Crippen molar-refractivity contribution in [3.05, 3.63) is 78.4 Å². The maximum Gasteiger partial charge on any atom is 0.252 e. The molecule has 1 aliphatic heterocycles. The summed E-state index contributed by atoms with van der Waals surface area (Å²) in [4.78, 5) is 32.0. The topological polar surface area (TPSA) is 52.7 Å². The first-order valence-electron chi connectivity index (χ1n) is 10.9. The standard InChI is InChI=1S/C26H27N3O2S2/c1-28(2)25(30)18-32-22-13-6-3-10-19(22)26(31)27-16-9-17-29-20-11-4-7-14-23(20)33-24-15-8-5-12-21(24)29/h3-8,10-15H,9,16-18H2,1-2H3,(H,27,31). The first-order valence-corrected chi connectivity index (χ1v) is 12.7. The number of carbonyl (C=O) groups excluding carboxylic acids is 2. The molecule has 1 heterocycles. The molecular weight excluding hydrogens is 450 g/mol. The van der Waals surface area contributed by atoms with Crippen molar-refractivity contribution in [1.29, 1.82) is 0 Å². The van der Waals surface area contributed by atoms with Crippen molar-refractivity contribution in [2.24, 2.45) is 0 Å². The molecule has 170 valence electrons. The van der Waals surface area contributed by atoms with Crippen LogP contribution in [0.5, 0.6) is 0 Å². The summed E-state index contributed by atoms with van der Waals surface area (Å²) in [5.74, 6) is 0.226. The van der Waals surface area contributed by atoms with Gasteiger partial charge in [-0.15, -0.1) is 11.8 Å². The van der Waals surface area contributed by atoms with Gasteiger partial charge in [-0.1, -0.05) is 48.2 Å². The lowest BCUT2D eigenvalue weighted by Gasteiger charge is -2.32. The molecule has 3 aromatic rings. The van der Waals surface area contributed by atoms with Crippen LogP contribution in [-0.4, -0.2) is 49.7 Å². The number of amides is 2. The minimum atomic E-state index is -0.106. The second kappa shape index (κ2) is 10.8. The van der Waals surface area contributed by atoms with Gasteiger partial charge in [0.2, 0.25) is 5.91 Å². The summed E-state index contributed by atoms with van der Waals surface area (Å²) in [5.41, 5.74) is 3.03. The maximum absolute atomic E-state index is 12.9. The van der Waals surface area contributed by atoms with Crippen molar-refractivity contribution in [3.8, 4) is 0 Å². The molecule has 0 fully saturated rings. The van der Waals surface area contributed by atoms with Crippen molar-refractivity contribution in [2.45, 2.75) is 21.1 Å². The lowest BCUT2D eigenvalue weighted by atomic mass is 10.2. The fourth-order valence-corrected chi connectivity index (χ4v) is 5.73. The van der Waals surface area contributed by atoms with Gasteiger partial charge in [0.05, 0.1) is 22.7 Å². The molecule has 1 N–H and O–H groups in total. The summed E-state index contributed by atoms with van der Waals surface area (Å²) < 4.78 is 0. The van der Waals surface area contributed by atoms with Crippen LogP contribution in [0.4, 0.5) is 11.4 Å². The molecule has 0 unspecified atom stereocenters. The number of nitrogens with zero attached hydrogens (tertiary/aromatic N) is 2. The number of thioether (sulfide) groups is 1. The number of benzene rings is 3. The van der Waals surface area contributed by atoms with Gasteiger partial charge in [0.25, 0.3) is 5.91 Å². The Labute approximate surface area is 203 Å². The van der Waals surface area contributed by atoms with Gasteiger partial charge >= 0.3 is 0 Å². The Morgan fingerprint density at radius 1 is 0.909 bits per heavy atom. The fraction of sp³-hybridized carbons (Fsp3) is 0.231. The van der Waals surface area contributed by atoms with E-state index in [-0.39, 0.29) is 11.8 Å². The number of carbonyl (C=O) groups is 2. The molecule has 7 heteroatoms. The molecular formula is C26H27N3O2S2. The van der Waals surface area contributed by atoms with Crippen LogP contribution in [0.3, 0.4) is 0 Å². The van der Waals surface area contributed by atoms with E-state index in [1.54, 1.807) is 30.8 Å². The summed E-state index contributed by atoms with van der Waals surface area (Å²) in [6.07, 6.45) is 0.813. The molecule has 0 saturated carbocycles. The average Bonchev–Trinajstić information content (AvgIpc) is 2.84. The second-order valence-electron chi connectivity index (χ2n) is 7.87. The molecule has 0 aliphatic carbocycles. The molecule has 1 aliphatic rings. The van der Waals surface area contributed by atoms with Crippen molar-refractivity contribution in [2.75, 3.05) is 37.8 Å². The van der Waals surface area contributed by atoms with E-state index in [2.05, 4.69) is 58.7 Å². The molecule has 0 atom stereocenters. The van der Waals surface area contributed by atoms with Crippen molar-refractivity contribution in [3.63, 3.8) is 0 Å². The third kappa shape index (κ3) is 5.54. The lowest BCUT2D eigenvalue weighted by molar-refractivity contribution is -0.125. The minimum absolute atomic E-state index is 0.0236. The molecule has 5 nitrogen and oxygen atoms in total. The highest BCUT2D eigenvalue weighted by Gasteiger charge is 2.22. The average molecular weight is 478 g/mol. The van der Waals surface area contributed by atoms with Gasteiger partial charge in [0.1, 0.15) is 0 Å². The van der Waals surface area contributed by atoms with Gasteiger partial charge in [0.15, 0.2) is 0 Å². The maximum atomic E-state index is 12.9. The number of para-hydroxylation sites is 2. The van der Waals surface area contributed by atoms with Crippen LogP contribution in [-0.2, 0) is 4.79 Å². The Balaban J connectivity index is 1.37. The fourth-order valence-electron chi connectivity index (χ4n) is 3.61. The van der Waals surface area contributed by atoms with E-state index in [0.29, 0.717) is 17.9 Å². The Kier molecular flexibility index (Phi) is 7.62. The number of rotatable bonds is 8. The van der Waals surface area contributed by atoms with Crippen molar-refractivity contribution >= 4 is 46.7 Å². The van der Waals surface area contributed by atoms with Crippen LogP contribution in [0.2, 0.25) is 0 Å². The van der Waals surface area contributed by atoms with Crippen LogP contribution in [0.25, 0.3) is 0 Å². The summed E-state index contributed by atoms with van der Waals surface area (Å²) >= 11 is 3.19.